The maximum Gasteiger partial charge on any atom is 0.467 e. The minimum Gasteiger partial charge on any atom is -0.481 e. The van der Waals surface area contributed by atoms with Gasteiger partial charge >= 0.3 is 15.0 Å². The van der Waals surface area contributed by atoms with E-state index in [1.807, 2.05) is 0 Å². The number of carboxylic acid groups (broad SMARTS) is 1. The van der Waals surface area contributed by atoms with Crippen LogP contribution in [-0.4, -0.2) is 56.4 Å². The summed E-state index contributed by atoms with van der Waals surface area (Å²) in [6.07, 6.45) is 15.9. The molecule has 0 amide bonds. The van der Waals surface area contributed by atoms with Gasteiger partial charge in [0.25, 0.3) is 0 Å². The van der Waals surface area contributed by atoms with Gasteiger partial charge in [-0.1, -0.05) is 44.8 Å². The standard InChI is InChI=1S/C26H46O6Si/c1-4-5-6-9-12-16-26(30-18-19-31-26)17-15-22-21(13-10-7-8-11-14-25(28)29)23(27)20-24(22)32-33(2)3/h7,10,21-24,27H,4-6,8-9,11-20H2,1-3H3/p+1/b10-7-/t21-,22-,23+,24-/m1/s1. The van der Waals surface area contributed by atoms with Crippen LogP contribution in [0.15, 0.2) is 12.2 Å². The molecule has 190 valence electrons. The lowest BCUT2D eigenvalue weighted by molar-refractivity contribution is -0.171. The highest BCUT2D eigenvalue weighted by Crippen LogP contribution is 2.43. The Hall–Kier alpha value is -0.733. The molecule has 0 radical (unpaired) electrons. The second-order valence-electron chi connectivity index (χ2n) is 10.00. The van der Waals surface area contributed by atoms with E-state index in [1.54, 1.807) is 0 Å². The Labute approximate surface area is 202 Å². The first kappa shape index (κ1) is 28.5. The molecule has 1 saturated heterocycles. The van der Waals surface area contributed by atoms with Gasteiger partial charge in [-0.25, -0.2) is 4.43 Å². The van der Waals surface area contributed by atoms with Crippen LogP contribution in [0.25, 0.3) is 0 Å². The maximum absolute atomic E-state index is 10.9. The molecule has 7 heteroatoms. The zero-order valence-electron chi connectivity index (χ0n) is 21.1. The third kappa shape index (κ3) is 10.2. The highest BCUT2D eigenvalue weighted by molar-refractivity contribution is 6.48. The molecule has 2 fully saturated rings. The van der Waals surface area contributed by atoms with E-state index in [-0.39, 0.29) is 30.5 Å². The van der Waals surface area contributed by atoms with Crippen molar-refractivity contribution in [2.75, 3.05) is 13.2 Å². The predicted molar refractivity (Wildman–Crippen MR) is 132 cm³/mol. The summed E-state index contributed by atoms with van der Waals surface area (Å²) in [7, 11) is -0.858. The predicted octanol–water partition coefficient (Wildman–Crippen LogP) is 5.70. The van der Waals surface area contributed by atoms with E-state index >= 15 is 0 Å². The molecule has 2 N–H and O–H groups in total. The van der Waals surface area contributed by atoms with Crippen molar-refractivity contribution < 1.29 is 28.9 Å². The van der Waals surface area contributed by atoms with Gasteiger partial charge in [0, 0.05) is 25.7 Å². The number of rotatable bonds is 17. The molecular formula is C26H47O6Si+. The van der Waals surface area contributed by atoms with Crippen LogP contribution in [0.4, 0.5) is 0 Å². The zero-order chi connectivity index (χ0) is 24.1. The number of aliphatic hydroxyl groups excluding tert-OH is 1. The molecule has 0 bridgehead atoms. The molecule has 2 rings (SSSR count). The number of aliphatic carboxylic acids is 1. The fraction of sp³-hybridized carbons (Fsp3) is 0.885. The fourth-order valence-electron chi connectivity index (χ4n) is 5.36. The van der Waals surface area contributed by atoms with Crippen molar-refractivity contribution in [1.82, 2.24) is 0 Å². The van der Waals surface area contributed by atoms with E-state index in [0.717, 1.165) is 38.5 Å². The van der Waals surface area contributed by atoms with E-state index in [1.165, 1.54) is 25.7 Å². The summed E-state index contributed by atoms with van der Waals surface area (Å²) in [5.74, 6) is -0.765. The molecule has 6 nitrogen and oxygen atoms in total. The molecular weight excluding hydrogens is 436 g/mol. The van der Waals surface area contributed by atoms with Crippen molar-refractivity contribution in [3.63, 3.8) is 0 Å². The molecule has 1 aliphatic heterocycles. The summed E-state index contributed by atoms with van der Waals surface area (Å²) in [4.78, 5) is 10.7. The van der Waals surface area contributed by atoms with Gasteiger partial charge < -0.3 is 19.7 Å². The summed E-state index contributed by atoms with van der Waals surface area (Å²) < 4.78 is 18.6. The smallest absolute Gasteiger partial charge is 0.467 e. The van der Waals surface area contributed by atoms with Crippen LogP contribution in [0.3, 0.4) is 0 Å². The lowest BCUT2D eigenvalue weighted by Gasteiger charge is -2.31. The Morgan fingerprint density at radius 3 is 2.45 bits per heavy atom. The van der Waals surface area contributed by atoms with E-state index in [9.17, 15) is 9.90 Å². The normalized spacial score (nSPS) is 26.9. The number of carbonyl (C=O) groups is 1. The van der Waals surface area contributed by atoms with Crippen LogP contribution in [-0.2, 0) is 18.7 Å². The summed E-state index contributed by atoms with van der Waals surface area (Å²) in [6.45, 7) is 7.89. The zero-order valence-corrected chi connectivity index (χ0v) is 22.1. The summed E-state index contributed by atoms with van der Waals surface area (Å²) in [5.41, 5.74) is 0. The summed E-state index contributed by atoms with van der Waals surface area (Å²) >= 11 is 0. The summed E-state index contributed by atoms with van der Waals surface area (Å²) in [5, 5.41) is 19.6. The van der Waals surface area contributed by atoms with E-state index in [2.05, 4.69) is 32.2 Å². The molecule has 0 unspecified atom stereocenters. The maximum atomic E-state index is 10.9. The molecule has 4 atom stereocenters. The van der Waals surface area contributed by atoms with Crippen LogP contribution >= 0.6 is 0 Å². The number of ether oxygens (including phenoxy) is 2. The third-order valence-electron chi connectivity index (χ3n) is 7.05. The van der Waals surface area contributed by atoms with Crippen LogP contribution < -0.4 is 0 Å². The molecule has 1 saturated carbocycles. The molecule has 0 aromatic rings. The Morgan fingerprint density at radius 2 is 1.79 bits per heavy atom. The van der Waals surface area contributed by atoms with Gasteiger partial charge in [0.1, 0.15) is 6.10 Å². The number of hydrogen-bond acceptors (Lipinski definition) is 5. The fourth-order valence-corrected chi connectivity index (χ4v) is 6.23. The largest absolute Gasteiger partial charge is 0.481 e. The van der Waals surface area contributed by atoms with E-state index in [0.29, 0.717) is 26.1 Å². The quantitative estimate of drug-likeness (QED) is 0.157. The van der Waals surface area contributed by atoms with Gasteiger partial charge in [-0.3, -0.25) is 4.79 Å². The van der Waals surface area contributed by atoms with Crippen molar-refractivity contribution >= 4 is 15.0 Å². The molecule has 1 aliphatic carbocycles. The Morgan fingerprint density at radius 1 is 1.06 bits per heavy atom. The van der Waals surface area contributed by atoms with Crippen LogP contribution in [0.1, 0.15) is 90.4 Å². The van der Waals surface area contributed by atoms with Crippen LogP contribution in [0.5, 0.6) is 0 Å². The van der Waals surface area contributed by atoms with E-state index in [4.69, 9.17) is 19.0 Å². The Kier molecular flexibility index (Phi) is 13.2. The Bertz CT molecular complexity index is 575. The van der Waals surface area contributed by atoms with Crippen molar-refractivity contribution in [2.24, 2.45) is 11.8 Å². The molecule has 0 spiro atoms. The van der Waals surface area contributed by atoms with Gasteiger partial charge in [-0.05, 0) is 43.9 Å². The molecule has 2 aliphatic rings. The van der Waals surface area contributed by atoms with Crippen molar-refractivity contribution in [1.29, 1.82) is 0 Å². The van der Waals surface area contributed by atoms with Gasteiger partial charge in [0.2, 0.25) is 0 Å². The second-order valence-corrected chi connectivity index (χ2v) is 12.1. The van der Waals surface area contributed by atoms with Crippen LogP contribution in [0, 0.1) is 11.8 Å². The molecule has 1 heterocycles. The highest BCUT2D eigenvalue weighted by atomic mass is 28.3. The van der Waals surface area contributed by atoms with Gasteiger partial charge in [0.05, 0.1) is 32.4 Å². The lowest BCUT2D eigenvalue weighted by Crippen LogP contribution is -2.34. The number of aliphatic hydroxyl groups is 1. The first-order chi connectivity index (χ1) is 15.9. The van der Waals surface area contributed by atoms with Crippen molar-refractivity contribution in [3.05, 3.63) is 12.2 Å². The van der Waals surface area contributed by atoms with Gasteiger partial charge in [-0.15, -0.1) is 0 Å². The second kappa shape index (κ2) is 15.3. The van der Waals surface area contributed by atoms with Crippen molar-refractivity contribution in [2.45, 2.75) is 121 Å². The monoisotopic (exact) mass is 483 g/mol. The Balaban J connectivity index is 1.94. The molecule has 33 heavy (non-hydrogen) atoms. The highest BCUT2D eigenvalue weighted by Gasteiger charge is 2.47. The summed E-state index contributed by atoms with van der Waals surface area (Å²) in [6, 6.07) is 0. The minimum atomic E-state index is -0.858. The third-order valence-corrected chi connectivity index (χ3v) is 7.83. The molecule has 0 aromatic heterocycles. The molecule has 0 aromatic carbocycles. The number of hydrogen-bond donors (Lipinski definition) is 2. The lowest BCUT2D eigenvalue weighted by atomic mass is 9.85. The van der Waals surface area contributed by atoms with Gasteiger partial charge in [-0.2, -0.15) is 0 Å². The van der Waals surface area contributed by atoms with Gasteiger partial charge in [0.15, 0.2) is 5.79 Å². The number of carboxylic acids is 1. The van der Waals surface area contributed by atoms with Crippen LogP contribution in [0.2, 0.25) is 13.1 Å². The first-order valence-electron chi connectivity index (χ1n) is 13.2. The number of unbranched alkanes of at least 4 members (excludes halogenated alkanes) is 5. The first-order valence-corrected chi connectivity index (χ1v) is 15.6. The SMILES string of the molecule is CCCCCCCC1(CC[C@@H]2[C@@H](C/C=C\CCCC(=O)O)[C@@H](O)C[C@H]2O[Si+](C)C)OCCO1. The van der Waals surface area contributed by atoms with Crippen molar-refractivity contribution in [3.8, 4) is 0 Å². The topological polar surface area (TPSA) is 85.2 Å². The average molecular weight is 484 g/mol. The minimum absolute atomic E-state index is 0.0947. The number of allylic oxidation sites excluding steroid dienone is 2. The average Bonchev–Trinajstić information content (AvgIpc) is 3.33. The van der Waals surface area contributed by atoms with E-state index < -0.39 is 20.8 Å².